The number of rotatable bonds is 4. The van der Waals surface area contributed by atoms with Crippen molar-refractivity contribution >= 4 is 21.6 Å². The molecule has 1 aromatic carbocycles. The molecule has 0 aliphatic heterocycles. The predicted octanol–water partition coefficient (Wildman–Crippen LogP) is 4.12. The minimum atomic E-state index is -0.616. The predicted molar refractivity (Wildman–Crippen MR) is 74.0 cm³/mol. The van der Waals surface area contributed by atoms with Crippen molar-refractivity contribution in [2.75, 3.05) is 5.32 Å². The second-order valence-electron chi connectivity index (χ2n) is 4.24. The molecule has 1 heterocycles. The molecule has 1 N–H and O–H groups in total. The fourth-order valence-electron chi connectivity index (χ4n) is 1.73. The van der Waals surface area contributed by atoms with E-state index in [0.29, 0.717) is 0 Å². The lowest BCUT2D eigenvalue weighted by molar-refractivity contribution is 0.579. The van der Waals surface area contributed by atoms with Gasteiger partial charge in [0.15, 0.2) is 0 Å². The molecule has 0 amide bonds. The zero-order valence-electron chi connectivity index (χ0n) is 10.6. The van der Waals surface area contributed by atoms with Crippen LogP contribution in [-0.2, 0) is 6.54 Å². The second-order valence-corrected chi connectivity index (χ2v) is 5.10. The van der Waals surface area contributed by atoms with Gasteiger partial charge in [0.25, 0.3) is 0 Å². The summed E-state index contributed by atoms with van der Waals surface area (Å²) < 4.78 is 28.8. The number of aromatic nitrogens is 2. The fraction of sp³-hybridized carbons (Fsp3) is 0.308. The molecule has 2 rings (SSSR count). The van der Waals surface area contributed by atoms with Crippen molar-refractivity contribution in [2.24, 2.45) is 0 Å². The molecule has 0 fully saturated rings. The van der Waals surface area contributed by atoms with Gasteiger partial charge < -0.3 is 5.32 Å². The van der Waals surface area contributed by atoms with Crippen LogP contribution in [-0.4, -0.2) is 9.78 Å². The van der Waals surface area contributed by atoms with Gasteiger partial charge in [0, 0.05) is 24.4 Å². The standard InChI is InChI=1S/C13H14BrF2N3/c1-3-19-7-9(6-17-19)8(2)18-13-4-10(14)11(15)5-12(13)16/h4-8,18H,3H2,1-2H3. The molecule has 1 aromatic heterocycles. The van der Waals surface area contributed by atoms with Crippen LogP contribution in [0.15, 0.2) is 29.0 Å². The van der Waals surface area contributed by atoms with Crippen LogP contribution in [0.2, 0.25) is 0 Å². The van der Waals surface area contributed by atoms with Gasteiger partial charge in [0.05, 0.1) is 22.4 Å². The van der Waals surface area contributed by atoms with Gasteiger partial charge in [-0.25, -0.2) is 8.78 Å². The van der Waals surface area contributed by atoms with E-state index in [1.807, 2.05) is 20.0 Å². The Hall–Kier alpha value is -1.43. The van der Waals surface area contributed by atoms with Crippen molar-refractivity contribution in [3.8, 4) is 0 Å². The van der Waals surface area contributed by atoms with E-state index in [0.717, 1.165) is 18.2 Å². The van der Waals surface area contributed by atoms with E-state index in [9.17, 15) is 8.78 Å². The Kier molecular flexibility index (Phi) is 4.19. The van der Waals surface area contributed by atoms with Crippen molar-refractivity contribution in [3.05, 3.63) is 46.2 Å². The van der Waals surface area contributed by atoms with Crippen LogP contribution in [0.5, 0.6) is 0 Å². The summed E-state index contributed by atoms with van der Waals surface area (Å²) in [4.78, 5) is 0. The first kappa shape index (κ1) is 14.0. The molecule has 3 nitrogen and oxygen atoms in total. The zero-order chi connectivity index (χ0) is 14.0. The quantitative estimate of drug-likeness (QED) is 0.855. The molecule has 0 aliphatic rings. The largest absolute Gasteiger partial charge is 0.376 e. The molecule has 2 aromatic rings. The Labute approximate surface area is 118 Å². The highest BCUT2D eigenvalue weighted by Gasteiger charge is 2.13. The van der Waals surface area contributed by atoms with Gasteiger partial charge in [-0.15, -0.1) is 0 Å². The molecule has 0 saturated heterocycles. The van der Waals surface area contributed by atoms with Crippen molar-refractivity contribution in [2.45, 2.75) is 26.4 Å². The van der Waals surface area contributed by atoms with Crippen LogP contribution in [0.1, 0.15) is 25.5 Å². The number of nitrogens with zero attached hydrogens (tertiary/aromatic N) is 2. The number of hydrogen-bond acceptors (Lipinski definition) is 2. The Balaban J connectivity index is 2.18. The third-order valence-corrected chi connectivity index (χ3v) is 3.47. The first-order valence-electron chi connectivity index (χ1n) is 5.94. The van der Waals surface area contributed by atoms with E-state index in [2.05, 4.69) is 26.3 Å². The van der Waals surface area contributed by atoms with Crippen LogP contribution in [0.4, 0.5) is 14.5 Å². The van der Waals surface area contributed by atoms with E-state index in [1.165, 1.54) is 6.07 Å². The van der Waals surface area contributed by atoms with Gasteiger partial charge in [0.1, 0.15) is 11.6 Å². The average Bonchev–Trinajstić information content (AvgIpc) is 2.84. The average molecular weight is 330 g/mol. The maximum Gasteiger partial charge on any atom is 0.149 e. The lowest BCUT2D eigenvalue weighted by Crippen LogP contribution is -2.07. The van der Waals surface area contributed by atoms with E-state index in [4.69, 9.17) is 0 Å². The molecule has 0 radical (unpaired) electrons. The number of aryl methyl sites for hydroxylation is 1. The molecule has 1 atom stereocenters. The van der Waals surface area contributed by atoms with Gasteiger partial charge >= 0.3 is 0 Å². The molecule has 102 valence electrons. The van der Waals surface area contributed by atoms with Crippen LogP contribution >= 0.6 is 15.9 Å². The van der Waals surface area contributed by atoms with Crippen LogP contribution in [0.3, 0.4) is 0 Å². The van der Waals surface area contributed by atoms with E-state index in [1.54, 1.807) is 10.9 Å². The molecular formula is C13H14BrF2N3. The van der Waals surface area contributed by atoms with E-state index < -0.39 is 11.6 Å². The van der Waals surface area contributed by atoms with Gasteiger partial charge in [-0.05, 0) is 35.8 Å². The third kappa shape index (κ3) is 3.12. The zero-order valence-corrected chi connectivity index (χ0v) is 12.2. The maximum atomic E-state index is 13.6. The lowest BCUT2D eigenvalue weighted by atomic mass is 10.2. The Morgan fingerprint density at radius 2 is 2.11 bits per heavy atom. The van der Waals surface area contributed by atoms with Crippen molar-refractivity contribution in [1.29, 1.82) is 0 Å². The van der Waals surface area contributed by atoms with Crippen molar-refractivity contribution in [1.82, 2.24) is 9.78 Å². The summed E-state index contributed by atoms with van der Waals surface area (Å²) in [6, 6.07) is 2.13. The number of halogens is 3. The number of anilines is 1. The van der Waals surface area contributed by atoms with E-state index in [-0.39, 0.29) is 16.2 Å². The van der Waals surface area contributed by atoms with Gasteiger partial charge in [-0.3, -0.25) is 4.68 Å². The first-order chi connectivity index (χ1) is 9.01. The highest BCUT2D eigenvalue weighted by Crippen LogP contribution is 2.26. The Morgan fingerprint density at radius 1 is 1.37 bits per heavy atom. The first-order valence-corrected chi connectivity index (χ1v) is 6.74. The number of benzene rings is 1. The topological polar surface area (TPSA) is 29.9 Å². The van der Waals surface area contributed by atoms with Crippen LogP contribution < -0.4 is 5.32 Å². The molecule has 0 bridgehead atoms. The van der Waals surface area contributed by atoms with Crippen molar-refractivity contribution < 1.29 is 8.78 Å². The van der Waals surface area contributed by atoms with Crippen LogP contribution in [0, 0.1) is 11.6 Å². The maximum absolute atomic E-state index is 13.6. The minimum absolute atomic E-state index is 0.118. The lowest BCUT2D eigenvalue weighted by Gasteiger charge is -2.14. The smallest absolute Gasteiger partial charge is 0.149 e. The normalized spacial score (nSPS) is 12.5. The molecule has 0 spiro atoms. The minimum Gasteiger partial charge on any atom is -0.376 e. The Morgan fingerprint density at radius 3 is 2.74 bits per heavy atom. The monoisotopic (exact) mass is 329 g/mol. The highest BCUT2D eigenvalue weighted by atomic mass is 79.9. The summed E-state index contributed by atoms with van der Waals surface area (Å²) in [6.07, 6.45) is 3.63. The SMILES string of the molecule is CCn1cc(C(C)Nc2cc(Br)c(F)cc2F)cn1. The molecular weight excluding hydrogens is 316 g/mol. The number of nitrogens with one attached hydrogen (secondary N) is 1. The summed E-state index contributed by atoms with van der Waals surface area (Å²) in [5.74, 6) is -1.23. The third-order valence-electron chi connectivity index (χ3n) is 2.86. The Bertz CT molecular complexity index is 583. The van der Waals surface area contributed by atoms with Gasteiger partial charge in [0.2, 0.25) is 0 Å². The summed E-state index contributed by atoms with van der Waals surface area (Å²) in [5.41, 5.74) is 1.20. The summed E-state index contributed by atoms with van der Waals surface area (Å²) in [5, 5.41) is 7.17. The summed E-state index contributed by atoms with van der Waals surface area (Å²) >= 11 is 3.04. The molecule has 6 heteroatoms. The molecule has 0 saturated carbocycles. The van der Waals surface area contributed by atoms with E-state index >= 15 is 0 Å². The van der Waals surface area contributed by atoms with Crippen LogP contribution in [0.25, 0.3) is 0 Å². The summed E-state index contributed by atoms with van der Waals surface area (Å²) in [7, 11) is 0. The summed E-state index contributed by atoms with van der Waals surface area (Å²) in [6.45, 7) is 4.67. The van der Waals surface area contributed by atoms with Gasteiger partial charge in [-0.2, -0.15) is 5.10 Å². The molecule has 19 heavy (non-hydrogen) atoms. The number of hydrogen-bond donors (Lipinski definition) is 1. The second kappa shape index (κ2) is 5.69. The fourth-order valence-corrected chi connectivity index (χ4v) is 2.07. The van der Waals surface area contributed by atoms with Gasteiger partial charge in [-0.1, -0.05) is 0 Å². The molecule has 0 aliphatic carbocycles. The van der Waals surface area contributed by atoms with Crippen molar-refractivity contribution in [3.63, 3.8) is 0 Å². The molecule has 1 unspecified atom stereocenters. The highest BCUT2D eigenvalue weighted by molar-refractivity contribution is 9.10.